The molecule has 1 unspecified atom stereocenters. The topological polar surface area (TPSA) is 120 Å². The summed E-state index contributed by atoms with van der Waals surface area (Å²) in [5.41, 5.74) is 0. The average Bonchev–Trinajstić information content (AvgIpc) is 2.96. The molecular weight excluding hydrogens is 278 g/mol. The number of hydrogen-bond donors (Lipinski definition) is 3. The van der Waals surface area contributed by atoms with Gasteiger partial charge >= 0.3 is 12.0 Å². The van der Waals surface area contributed by atoms with Crippen molar-refractivity contribution in [3.63, 3.8) is 0 Å². The van der Waals surface area contributed by atoms with Crippen molar-refractivity contribution in [3.8, 4) is 0 Å². The van der Waals surface area contributed by atoms with E-state index in [-0.39, 0.29) is 19.1 Å². The number of H-pyrrole nitrogens is 1. The summed E-state index contributed by atoms with van der Waals surface area (Å²) < 4.78 is 5.23. The molecule has 116 valence electrons. The van der Waals surface area contributed by atoms with Crippen LogP contribution in [0.5, 0.6) is 0 Å². The molecule has 1 aromatic heterocycles. The number of aromatic amines is 1. The van der Waals surface area contributed by atoms with Gasteiger partial charge in [0.25, 0.3) is 0 Å². The van der Waals surface area contributed by atoms with Crippen molar-refractivity contribution in [1.82, 2.24) is 25.4 Å². The van der Waals surface area contributed by atoms with Gasteiger partial charge in [-0.25, -0.2) is 9.78 Å². The SMILES string of the molecule is O=C(O)CC1COCCN1C(=O)NCCCc1ncn[nH]1. The zero-order chi connectivity index (χ0) is 15.1. The van der Waals surface area contributed by atoms with E-state index < -0.39 is 12.0 Å². The number of urea groups is 1. The molecule has 1 aliphatic rings. The van der Waals surface area contributed by atoms with Crippen LogP contribution in [0.3, 0.4) is 0 Å². The monoisotopic (exact) mass is 297 g/mol. The minimum atomic E-state index is -0.936. The number of morpholine rings is 1. The van der Waals surface area contributed by atoms with Gasteiger partial charge in [0.05, 0.1) is 25.7 Å². The Morgan fingerprint density at radius 3 is 3.14 bits per heavy atom. The number of carbonyl (C=O) groups is 2. The summed E-state index contributed by atoms with van der Waals surface area (Å²) in [5, 5.41) is 18.1. The quantitative estimate of drug-likeness (QED) is 0.616. The molecule has 0 aromatic carbocycles. The number of nitrogens with zero attached hydrogens (tertiary/aromatic N) is 3. The average molecular weight is 297 g/mol. The van der Waals surface area contributed by atoms with E-state index in [1.807, 2.05) is 0 Å². The van der Waals surface area contributed by atoms with Gasteiger partial charge in [0.1, 0.15) is 12.2 Å². The first-order valence-corrected chi connectivity index (χ1v) is 6.85. The van der Waals surface area contributed by atoms with E-state index in [0.717, 1.165) is 12.2 Å². The van der Waals surface area contributed by atoms with E-state index in [0.29, 0.717) is 26.1 Å². The first kappa shape index (κ1) is 15.2. The van der Waals surface area contributed by atoms with E-state index in [4.69, 9.17) is 9.84 Å². The molecule has 2 amide bonds. The second kappa shape index (κ2) is 7.58. The third-order valence-corrected chi connectivity index (χ3v) is 3.23. The Kier molecular flexibility index (Phi) is 5.50. The highest BCUT2D eigenvalue weighted by molar-refractivity contribution is 5.76. The number of aryl methyl sites for hydroxylation is 1. The van der Waals surface area contributed by atoms with E-state index in [9.17, 15) is 9.59 Å². The predicted octanol–water partition coefficient (Wildman–Crippen LogP) is -0.378. The Hall–Kier alpha value is -2.16. The fourth-order valence-electron chi connectivity index (χ4n) is 2.20. The standard InChI is InChI=1S/C12H19N5O4/c18-11(19)6-9-7-21-5-4-17(9)12(20)13-3-1-2-10-14-8-15-16-10/h8-9H,1-7H2,(H,13,20)(H,18,19)(H,14,15,16). The van der Waals surface area contributed by atoms with E-state index in [2.05, 4.69) is 20.5 Å². The lowest BCUT2D eigenvalue weighted by atomic mass is 10.1. The van der Waals surface area contributed by atoms with Crippen molar-refractivity contribution in [2.24, 2.45) is 0 Å². The van der Waals surface area contributed by atoms with Crippen LogP contribution in [-0.4, -0.2) is 69.5 Å². The summed E-state index contributed by atoms with van der Waals surface area (Å²) >= 11 is 0. The van der Waals surface area contributed by atoms with Gasteiger partial charge < -0.3 is 20.1 Å². The summed E-state index contributed by atoms with van der Waals surface area (Å²) in [6.45, 7) is 1.60. The highest BCUT2D eigenvalue weighted by Gasteiger charge is 2.28. The third kappa shape index (κ3) is 4.71. The molecule has 0 spiro atoms. The largest absolute Gasteiger partial charge is 0.481 e. The van der Waals surface area contributed by atoms with Gasteiger partial charge in [0.15, 0.2) is 0 Å². The predicted molar refractivity (Wildman–Crippen MR) is 71.7 cm³/mol. The molecule has 3 N–H and O–H groups in total. The minimum absolute atomic E-state index is 0.106. The van der Waals surface area contributed by atoms with Gasteiger partial charge in [0, 0.05) is 19.5 Å². The summed E-state index contributed by atoms with van der Waals surface area (Å²) in [6, 6.07) is -0.660. The number of aliphatic carboxylic acids is 1. The molecule has 9 heteroatoms. The highest BCUT2D eigenvalue weighted by atomic mass is 16.5. The summed E-state index contributed by atoms with van der Waals surface area (Å²) in [5.74, 6) is -0.159. The molecule has 21 heavy (non-hydrogen) atoms. The molecule has 1 aliphatic heterocycles. The molecule has 0 saturated carbocycles. The number of carboxylic acid groups (broad SMARTS) is 1. The molecule has 0 bridgehead atoms. The summed E-state index contributed by atoms with van der Waals surface area (Å²) in [4.78, 5) is 28.4. The maximum absolute atomic E-state index is 12.1. The molecule has 9 nitrogen and oxygen atoms in total. The number of ether oxygens (including phenoxy) is 1. The van der Waals surface area contributed by atoms with Gasteiger partial charge in [-0.15, -0.1) is 0 Å². The first-order valence-electron chi connectivity index (χ1n) is 6.85. The van der Waals surface area contributed by atoms with Crippen molar-refractivity contribution in [3.05, 3.63) is 12.2 Å². The fourth-order valence-corrected chi connectivity index (χ4v) is 2.20. The summed E-state index contributed by atoms with van der Waals surface area (Å²) in [6.07, 6.45) is 2.76. The Bertz CT molecular complexity index is 464. The number of amides is 2. The van der Waals surface area contributed by atoms with Crippen molar-refractivity contribution >= 4 is 12.0 Å². The fraction of sp³-hybridized carbons (Fsp3) is 0.667. The van der Waals surface area contributed by atoms with Crippen LogP contribution in [0.4, 0.5) is 4.79 Å². The molecule has 1 saturated heterocycles. The number of nitrogens with one attached hydrogen (secondary N) is 2. The van der Waals surface area contributed by atoms with Crippen molar-refractivity contribution in [2.75, 3.05) is 26.3 Å². The third-order valence-electron chi connectivity index (χ3n) is 3.23. The molecule has 1 aromatic rings. The van der Waals surface area contributed by atoms with Crippen molar-refractivity contribution < 1.29 is 19.4 Å². The Balaban J connectivity index is 1.73. The van der Waals surface area contributed by atoms with Crippen LogP contribution in [0.1, 0.15) is 18.7 Å². The van der Waals surface area contributed by atoms with E-state index >= 15 is 0 Å². The van der Waals surface area contributed by atoms with Crippen LogP contribution in [0.2, 0.25) is 0 Å². The number of aromatic nitrogens is 3. The van der Waals surface area contributed by atoms with Crippen LogP contribution in [0.15, 0.2) is 6.33 Å². The van der Waals surface area contributed by atoms with Crippen LogP contribution >= 0.6 is 0 Å². The lowest BCUT2D eigenvalue weighted by Gasteiger charge is -2.34. The molecule has 2 rings (SSSR count). The number of rotatable bonds is 6. The molecule has 2 heterocycles. The Morgan fingerprint density at radius 2 is 2.43 bits per heavy atom. The van der Waals surface area contributed by atoms with Gasteiger partial charge in [0.2, 0.25) is 0 Å². The van der Waals surface area contributed by atoms with Crippen molar-refractivity contribution in [2.45, 2.75) is 25.3 Å². The van der Waals surface area contributed by atoms with Crippen molar-refractivity contribution in [1.29, 1.82) is 0 Å². The molecule has 0 radical (unpaired) electrons. The maximum Gasteiger partial charge on any atom is 0.317 e. The smallest absolute Gasteiger partial charge is 0.317 e. The van der Waals surface area contributed by atoms with Crippen LogP contribution in [0, 0.1) is 0 Å². The minimum Gasteiger partial charge on any atom is -0.481 e. The normalized spacial score (nSPS) is 18.5. The first-order chi connectivity index (χ1) is 10.2. The molecular formula is C12H19N5O4. The summed E-state index contributed by atoms with van der Waals surface area (Å²) in [7, 11) is 0. The lowest BCUT2D eigenvalue weighted by Crippen LogP contribution is -2.53. The van der Waals surface area contributed by atoms with E-state index in [1.165, 1.54) is 11.2 Å². The second-order valence-corrected chi connectivity index (χ2v) is 4.79. The second-order valence-electron chi connectivity index (χ2n) is 4.79. The number of hydrogen-bond acceptors (Lipinski definition) is 5. The Morgan fingerprint density at radius 1 is 1.57 bits per heavy atom. The molecule has 1 fully saturated rings. The number of carbonyl (C=O) groups excluding carboxylic acids is 1. The van der Waals surface area contributed by atoms with Crippen LogP contribution in [-0.2, 0) is 16.0 Å². The van der Waals surface area contributed by atoms with Crippen LogP contribution in [0.25, 0.3) is 0 Å². The maximum atomic E-state index is 12.1. The molecule has 1 atom stereocenters. The highest BCUT2D eigenvalue weighted by Crippen LogP contribution is 2.10. The zero-order valence-corrected chi connectivity index (χ0v) is 11.6. The van der Waals surface area contributed by atoms with Gasteiger partial charge in [-0.05, 0) is 6.42 Å². The zero-order valence-electron chi connectivity index (χ0n) is 11.6. The number of carboxylic acids is 1. The Labute approximate surface area is 121 Å². The lowest BCUT2D eigenvalue weighted by molar-refractivity contribution is -0.139. The van der Waals surface area contributed by atoms with Gasteiger partial charge in [-0.3, -0.25) is 9.89 Å². The van der Waals surface area contributed by atoms with Gasteiger partial charge in [-0.2, -0.15) is 5.10 Å². The molecule has 0 aliphatic carbocycles. The van der Waals surface area contributed by atoms with Gasteiger partial charge in [-0.1, -0.05) is 0 Å². The van der Waals surface area contributed by atoms with Crippen LogP contribution < -0.4 is 5.32 Å². The van der Waals surface area contributed by atoms with E-state index in [1.54, 1.807) is 0 Å².